The van der Waals surface area contributed by atoms with Gasteiger partial charge >= 0.3 is 12.0 Å². The van der Waals surface area contributed by atoms with Crippen LogP contribution in [0.2, 0.25) is 5.02 Å². The molecule has 0 aliphatic rings. The third-order valence-corrected chi connectivity index (χ3v) is 6.11. The van der Waals surface area contributed by atoms with Gasteiger partial charge in [0.1, 0.15) is 0 Å². The van der Waals surface area contributed by atoms with Gasteiger partial charge in [0.2, 0.25) is 16.1 Å². The summed E-state index contributed by atoms with van der Waals surface area (Å²) in [5, 5.41) is 4.22. The van der Waals surface area contributed by atoms with E-state index in [-0.39, 0.29) is 15.5 Å². The summed E-state index contributed by atoms with van der Waals surface area (Å²) in [6.45, 7) is 0. The van der Waals surface area contributed by atoms with Gasteiger partial charge in [0.05, 0.1) is 15.5 Å². The predicted octanol–water partition coefficient (Wildman–Crippen LogP) is 1.94. The Hall–Kier alpha value is -2.95. The van der Waals surface area contributed by atoms with E-state index < -0.39 is 34.0 Å². The van der Waals surface area contributed by atoms with E-state index in [1.807, 2.05) is 5.32 Å². The van der Waals surface area contributed by atoms with Crippen LogP contribution in [0.5, 0.6) is 0 Å². The molecule has 0 bridgehead atoms. The van der Waals surface area contributed by atoms with E-state index >= 15 is 0 Å². The molecule has 11 heteroatoms. The number of nitrogens with zero attached hydrogens (tertiary/aromatic N) is 1. The van der Waals surface area contributed by atoms with Crippen LogP contribution in [0, 0.1) is 0 Å². The highest BCUT2D eigenvalue weighted by Gasteiger charge is 2.29. The molecule has 0 aliphatic carbocycles. The summed E-state index contributed by atoms with van der Waals surface area (Å²) >= 11 is 6.06. The molecule has 0 saturated carbocycles. The average molecular weight is 454 g/mol. The molecule has 0 radical (unpaired) electrons. The molecule has 0 spiro atoms. The topological polar surface area (TPSA) is 122 Å². The van der Waals surface area contributed by atoms with Gasteiger partial charge < -0.3 is 10.1 Å². The van der Waals surface area contributed by atoms with Crippen LogP contribution in [0.1, 0.15) is 22.0 Å². The fourth-order valence-corrected chi connectivity index (χ4v) is 3.47. The lowest BCUT2D eigenvalue weighted by Crippen LogP contribution is -2.41. The summed E-state index contributed by atoms with van der Waals surface area (Å²) in [5.74, 6) is -1.92. The molecular formula is C19H20ClN3O6S. The summed E-state index contributed by atoms with van der Waals surface area (Å²) in [6.07, 6.45) is -1.47. The zero-order valence-electron chi connectivity index (χ0n) is 16.4. The van der Waals surface area contributed by atoms with Crippen molar-refractivity contribution in [1.82, 2.24) is 14.9 Å². The first-order valence-corrected chi connectivity index (χ1v) is 10.4. The highest BCUT2D eigenvalue weighted by molar-refractivity contribution is 7.89. The van der Waals surface area contributed by atoms with Gasteiger partial charge in [-0.1, -0.05) is 41.9 Å². The molecule has 9 nitrogen and oxygen atoms in total. The number of hydrogen-bond donors (Lipinski definition) is 2. The summed E-state index contributed by atoms with van der Waals surface area (Å²) in [6, 6.07) is 10.8. The van der Waals surface area contributed by atoms with Crippen LogP contribution in [0.25, 0.3) is 0 Å². The van der Waals surface area contributed by atoms with E-state index in [0.29, 0.717) is 5.56 Å². The second kappa shape index (κ2) is 9.70. The Labute approximate surface area is 179 Å². The van der Waals surface area contributed by atoms with E-state index in [9.17, 15) is 22.8 Å². The minimum Gasteiger partial charge on any atom is -0.444 e. The van der Waals surface area contributed by atoms with Gasteiger partial charge in [-0.3, -0.25) is 10.1 Å². The fraction of sp³-hybridized carbons (Fsp3) is 0.211. The van der Waals surface area contributed by atoms with E-state index in [0.717, 1.165) is 10.4 Å². The lowest BCUT2D eigenvalue weighted by Gasteiger charge is -2.18. The van der Waals surface area contributed by atoms with Crippen molar-refractivity contribution < 1.29 is 27.5 Å². The number of imide groups is 1. The highest BCUT2D eigenvalue weighted by Crippen LogP contribution is 2.26. The Morgan fingerprint density at radius 1 is 1.07 bits per heavy atom. The average Bonchev–Trinajstić information content (AvgIpc) is 2.72. The van der Waals surface area contributed by atoms with Gasteiger partial charge in [-0.25, -0.2) is 22.3 Å². The summed E-state index contributed by atoms with van der Waals surface area (Å²) in [4.78, 5) is 36.6. The highest BCUT2D eigenvalue weighted by atomic mass is 35.5. The third kappa shape index (κ3) is 5.35. The molecule has 0 aromatic heterocycles. The molecule has 30 heavy (non-hydrogen) atoms. The molecule has 2 aromatic carbocycles. The van der Waals surface area contributed by atoms with E-state index in [4.69, 9.17) is 16.3 Å². The minimum atomic E-state index is -3.83. The van der Waals surface area contributed by atoms with Gasteiger partial charge in [0.25, 0.3) is 5.91 Å². The number of hydrogen-bond acceptors (Lipinski definition) is 6. The van der Waals surface area contributed by atoms with Crippen molar-refractivity contribution in [3.05, 3.63) is 64.7 Å². The van der Waals surface area contributed by atoms with Crippen LogP contribution in [-0.2, 0) is 19.6 Å². The number of sulfonamides is 1. The molecular weight excluding hydrogens is 434 g/mol. The monoisotopic (exact) mass is 453 g/mol. The first-order chi connectivity index (χ1) is 14.1. The Balaban J connectivity index is 2.40. The Kier molecular flexibility index (Phi) is 7.54. The molecule has 0 unspecified atom stereocenters. The molecule has 0 aliphatic heterocycles. The molecule has 0 fully saturated rings. The van der Waals surface area contributed by atoms with Gasteiger partial charge in [-0.2, -0.15) is 0 Å². The Morgan fingerprint density at radius 2 is 1.70 bits per heavy atom. The predicted molar refractivity (Wildman–Crippen MR) is 110 cm³/mol. The van der Waals surface area contributed by atoms with Crippen molar-refractivity contribution in [2.45, 2.75) is 11.0 Å². The maximum absolute atomic E-state index is 12.8. The molecule has 2 N–H and O–H groups in total. The number of amides is 3. The number of esters is 1. The van der Waals surface area contributed by atoms with Crippen molar-refractivity contribution in [3.8, 4) is 0 Å². The van der Waals surface area contributed by atoms with Gasteiger partial charge in [-0.05, 0) is 18.2 Å². The van der Waals surface area contributed by atoms with Gasteiger partial charge in [0.15, 0.2) is 0 Å². The fourth-order valence-electron chi connectivity index (χ4n) is 2.34. The SMILES string of the molecule is CNC(=O)NC(=O)[C@H](OC(=O)c1cc(S(=O)(=O)N(C)C)ccc1Cl)c1ccccc1. The summed E-state index contributed by atoms with van der Waals surface area (Å²) in [5.41, 5.74) is 0.0636. The lowest BCUT2D eigenvalue weighted by molar-refractivity contribution is -0.129. The smallest absolute Gasteiger partial charge is 0.340 e. The second-order valence-electron chi connectivity index (χ2n) is 6.19. The normalized spacial score (nSPS) is 12.2. The van der Waals surface area contributed by atoms with E-state index in [1.165, 1.54) is 45.4 Å². The van der Waals surface area contributed by atoms with Crippen molar-refractivity contribution in [2.75, 3.05) is 21.1 Å². The van der Waals surface area contributed by atoms with Crippen LogP contribution in [-0.4, -0.2) is 51.8 Å². The van der Waals surface area contributed by atoms with Crippen molar-refractivity contribution in [3.63, 3.8) is 0 Å². The van der Waals surface area contributed by atoms with Crippen molar-refractivity contribution in [2.24, 2.45) is 0 Å². The molecule has 3 amide bonds. The Morgan fingerprint density at radius 3 is 2.27 bits per heavy atom. The van der Waals surface area contributed by atoms with Gasteiger partial charge in [-0.15, -0.1) is 0 Å². The zero-order chi connectivity index (χ0) is 22.5. The number of carbonyl (C=O) groups is 3. The Bertz CT molecular complexity index is 1060. The zero-order valence-corrected chi connectivity index (χ0v) is 18.0. The molecule has 0 saturated heterocycles. The summed E-state index contributed by atoms with van der Waals surface area (Å²) in [7, 11) is 0.178. The maximum Gasteiger partial charge on any atom is 0.340 e. The number of benzene rings is 2. The number of ether oxygens (including phenoxy) is 1. The van der Waals surface area contributed by atoms with Crippen LogP contribution >= 0.6 is 11.6 Å². The molecule has 2 aromatic rings. The second-order valence-corrected chi connectivity index (χ2v) is 8.75. The largest absolute Gasteiger partial charge is 0.444 e. The van der Waals surface area contributed by atoms with Crippen LogP contribution in [0.15, 0.2) is 53.4 Å². The van der Waals surface area contributed by atoms with Crippen molar-refractivity contribution in [1.29, 1.82) is 0 Å². The first kappa shape index (κ1) is 23.3. The van der Waals surface area contributed by atoms with Crippen LogP contribution in [0.3, 0.4) is 0 Å². The van der Waals surface area contributed by atoms with Crippen LogP contribution < -0.4 is 10.6 Å². The number of urea groups is 1. The molecule has 0 heterocycles. The van der Waals surface area contributed by atoms with E-state index in [2.05, 4.69) is 5.32 Å². The lowest BCUT2D eigenvalue weighted by atomic mass is 10.1. The molecule has 160 valence electrons. The van der Waals surface area contributed by atoms with Gasteiger partial charge in [0, 0.05) is 26.7 Å². The standard InChI is InChI=1S/C19H20ClN3O6S/c1-21-19(26)22-17(24)16(12-7-5-4-6-8-12)29-18(25)14-11-13(9-10-15(14)20)30(27,28)23(2)3/h4-11,16H,1-3H3,(H2,21,22,24,26)/t16-/m1/s1. The third-order valence-electron chi connectivity index (χ3n) is 3.97. The van der Waals surface area contributed by atoms with E-state index in [1.54, 1.807) is 18.2 Å². The number of nitrogens with one attached hydrogen (secondary N) is 2. The maximum atomic E-state index is 12.8. The minimum absolute atomic E-state index is 0.0590. The quantitative estimate of drug-likeness (QED) is 0.644. The summed E-state index contributed by atoms with van der Waals surface area (Å²) < 4.78 is 31.0. The molecule has 1 atom stereocenters. The number of halogens is 1. The number of carbonyl (C=O) groups excluding carboxylic acids is 3. The van der Waals surface area contributed by atoms with Crippen molar-refractivity contribution >= 4 is 39.5 Å². The number of rotatable bonds is 6. The molecule has 2 rings (SSSR count). The first-order valence-electron chi connectivity index (χ1n) is 8.58. The van der Waals surface area contributed by atoms with Crippen LogP contribution in [0.4, 0.5) is 4.79 Å².